The Morgan fingerprint density at radius 1 is 1.59 bits per heavy atom. The molecule has 100 valence electrons. The minimum absolute atomic E-state index is 0.191. The van der Waals surface area contributed by atoms with Crippen LogP contribution in [0.1, 0.15) is 40.0 Å². The van der Waals surface area contributed by atoms with Gasteiger partial charge in [0.05, 0.1) is 13.2 Å². The minimum Gasteiger partial charge on any atom is -0.468 e. The lowest BCUT2D eigenvalue weighted by Crippen LogP contribution is -2.53. The van der Waals surface area contributed by atoms with Crippen LogP contribution < -0.4 is 5.32 Å². The van der Waals surface area contributed by atoms with Crippen LogP contribution >= 0.6 is 0 Å². The van der Waals surface area contributed by atoms with Gasteiger partial charge in [-0.05, 0) is 32.1 Å². The van der Waals surface area contributed by atoms with E-state index in [1.54, 1.807) is 0 Å². The third-order valence-corrected chi connectivity index (χ3v) is 3.20. The Morgan fingerprint density at radius 2 is 2.29 bits per heavy atom. The molecule has 1 rings (SSSR count). The Balaban J connectivity index is 2.52. The number of hydrogen-bond acceptors (Lipinski definition) is 4. The molecule has 2 unspecified atom stereocenters. The van der Waals surface area contributed by atoms with E-state index < -0.39 is 5.54 Å². The SMILES string of the molecule is COC(=O)C(C)(CC(C)C)NCC1CCCO1. The van der Waals surface area contributed by atoms with Crippen molar-refractivity contribution >= 4 is 5.97 Å². The van der Waals surface area contributed by atoms with Gasteiger partial charge in [0, 0.05) is 13.2 Å². The summed E-state index contributed by atoms with van der Waals surface area (Å²) in [7, 11) is 1.44. The summed E-state index contributed by atoms with van der Waals surface area (Å²) >= 11 is 0. The van der Waals surface area contributed by atoms with Gasteiger partial charge in [-0.2, -0.15) is 0 Å². The molecule has 1 aliphatic rings. The normalized spacial score (nSPS) is 23.7. The van der Waals surface area contributed by atoms with E-state index in [1.165, 1.54) is 7.11 Å². The van der Waals surface area contributed by atoms with E-state index in [2.05, 4.69) is 19.2 Å². The van der Waals surface area contributed by atoms with Crippen LogP contribution in [-0.2, 0) is 14.3 Å². The fourth-order valence-corrected chi connectivity index (χ4v) is 2.41. The number of esters is 1. The molecule has 0 amide bonds. The Labute approximate surface area is 104 Å². The van der Waals surface area contributed by atoms with Crippen LogP contribution in [0.4, 0.5) is 0 Å². The molecule has 1 heterocycles. The molecular weight excluding hydrogens is 218 g/mol. The molecule has 1 fully saturated rings. The maximum atomic E-state index is 11.8. The van der Waals surface area contributed by atoms with Gasteiger partial charge in [-0.1, -0.05) is 13.8 Å². The summed E-state index contributed by atoms with van der Waals surface area (Å²) < 4.78 is 10.4. The smallest absolute Gasteiger partial charge is 0.325 e. The molecule has 0 radical (unpaired) electrons. The summed E-state index contributed by atoms with van der Waals surface area (Å²) in [6, 6.07) is 0. The van der Waals surface area contributed by atoms with Crippen molar-refractivity contribution < 1.29 is 14.3 Å². The summed E-state index contributed by atoms with van der Waals surface area (Å²) in [6.45, 7) is 7.68. The molecule has 0 aliphatic carbocycles. The topological polar surface area (TPSA) is 47.6 Å². The average molecular weight is 243 g/mol. The predicted octanol–water partition coefficient (Wildman–Crippen LogP) is 1.73. The summed E-state index contributed by atoms with van der Waals surface area (Å²) in [5, 5.41) is 3.32. The lowest BCUT2D eigenvalue weighted by Gasteiger charge is -2.30. The van der Waals surface area contributed by atoms with Crippen molar-refractivity contribution in [1.82, 2.24) is 5.32 Å². The van der Waals surface area contributed by atoms with Gasteiger partial charge in [0.1, 0.15) is 5.54 Å². The lowest BCUT2D eigenvalue weighted by atomic mass is 9.90. The van der Waals surface area contributed by atoms with Crippen LogP contribution in [0.3, 0.4) is 0 Å². The standard InChI is InChI=1S/C13H25NO3/c1-10(2)8-13(3,12(15)16-4)14-9-11-6-5-7-17-11/h10-11,14H,5-9H2,1-4H3. The molecule has 2 atom stereocenters. The van der Waals surface area contributed by atoms with E-state index in [9.17, 15) is 4.79 Å². The van der Waals surface area contributed by atoms with E-state index in [-0.39, 0.29) is 12.1 Å². The quantitative estimate of drug-likeness (QED) is 0.722. The van der Waals surface area contributed by atoms with Gasteiger partial charge in [-0.25, -0.2) is 0 Å². The van der Waals surface area contributed by atoms with Gasteiger partial charge in [0.25, 0.3) is 0 Å². The highest BCUT2D eigenvalue weighted by Crippen LogP contribution is 2.19. The fraction of sp³-hybridized carbons (Fsp3) is 0.923. The molecule has 0 saturated carbocycles. The monoisotopic (exact) mass is 243 g/mol. The molecular formula is C13H25NO3. The number of nitrogens with one attached hydrogen (secondary N) is 1. The zero-order valence-corrected chi connectivity index (χ0v) is 11.4. The van der Waals surface area contributed by atoms with E-state index >= 15 is 0 Å². The Bertz CT molecular complexity index is 249. The van der Waals surface area contributed by atoms with Gasteiger partial charge in [0.2, 0.25) is 0 Å². The number of carbonyl (C=O) groups excluding carboxylic acids is 1. The molecule has 0 spiro atoms. The summed E-state index contributed by atoms with van der Waals surface area (Å²) in [5.74, 6) is 0.250. The third kappa shape index (κ3) is 4.28. The second-order valence-corrected chi connectivity index (χ2v) is 5.44. The van der Waals surface area contributed by atoms with E-state index in [0.717, 1.165) is 32.4 Å². The molecule has 17 heavy (non-hydrogen) atoms. The first-order chi connectivity index (χ1) is 7.98. The van der Waals surface area contributed by atoms with Crippen molar-refractivity contribution in [2.75, 3.05) is 20.3 Å². The molecule has 1 aliphatic heterocycles. The lowest BCUT2D eigenvalue weighted by molar-refractivity contribution is -0.148. The van der Waals surface area contributed by atoms with Crippen molar-refractivity contribution in [2.45, 2.75) is 51.7 Å². The van der Waals surface area contributed by atoms with Crippen molar-refractivity contribution in [3.05, 3.63) is 0 Å². The summed E-state index contributed by atoms with van der Waals surface area (Å²) in [5.41, 5.74) is -0.602. The number of hydrogen-bond donors (Lipinski definition) is 1. The van der Waals surface area contributed by atoms with Crippen LogP contribution in [0.15, 0.2) is 0 Å². The first-order valence-corrected chi connectivity index (χ1v) is 6.43. The van der Waals surface area contributed by atoms with E-state index in [4.69, 9.17) is 9.47 Å². The van der Waals surface area contributed by atoms with Crippen molar-refractivity contribution in [3.63, 3.8) is 0 Å². The molecule has 0 aromatic rings. The van der Waals surface area contributed by atoms with Crippen LogP contribution in [-0.4, -0.2) is 37.9 Å². The zero-order chi connectivity index (χ0) is 12.9. The highest BCUT2D eigenvalue weighted by atomic mass is 16.5. The van der Waals surface area contributed by atoms with Gasteiger partial charge >= 0.3 is 5.97 Å². The number of rotatable bonds is 6. The Morgan fingerprint density at radius 3 is 2.76 bits per heavy atom. The van der Waals surface area contributed by atoms with Crippen molar-refractivity contribution in [3.8, 4) is 0 Å². The highest BCUT2D eigenvalue weighted by Gasteiger charge is 2.35. The number of carbonyl (C=O) groups is 1. The molecule has 1 N–H and O–H groups in total. The van der Waals surface area contributed by atoms with Gasteiger partial charge in [-0.3, -0.25) is 10.1 Å². The van der Waals surface area contributed by atoms with Gasteiger partial charge < -0.3 is 9.47 Å². The fourth-order valence-electron chi connectivity index (χ4n) is 2.41. The van der Waals surface area contributed by atoms with Gasteiger partial charge in [0.15, 0.2) is 0 Å². The molecule has 0 aromatic carbocycles. The van der Waals surface area contributed by atoms with E-state index in [1.807, 2.05) is 6.92 Å². The summed E-state index contributed by atoms with van der Waals surface area (Å²) in [4.78, 5) is 11.8. The zero-order valence-electron chi connectivity index (χ0n) is 11.4. The van der Waals surface area contributed by atoms with E-state index in [0.29, 0.717) is 5.92 Å². The maximum absolute atomic E-state index is 11.8. The first kappa shape index (κ1) is 14.5. The Kier molecular flexibility index (Phi) is 5.40. The molecule has 0 aromatic heterocycles. The van der Waals surface area contributed by atoms with Gasteiger partial charge in [-0.15, -0.1) is 0 Å². The van der Waals surface area contributed by atoms with Crippen molar-refractivity contribution in [2.24, 2.45) is 5.92 Å². The van der Waals surface area contributed by atoms with Crippen molar-refractivity contribution in [1.29, 1.82) is 0 Å². The number of ether oxygens (including phenoxy) is 2. The van der Waals surface area contributed by atoms with Crippen LogP contribution in [0.5, 0.6) is 0 Å². The molecule has 4 nitrogen and oxygen atoms in total. The second-order valence-electron chi connectivity index (χ2n) is 5.44. The predicted molar refractivity (Wildman–Crippen MR) is 66.9 cm³/mol. The minimum atomic E-state index is -0.602. The second kappa shape index (κ2) is 6.36. The largest absolute Gasteiger partial charge is 0.468 e. The Hall–Kier alpha value is -0.610. The third-order valence-electron chi connectivity index (χ3n) is 3.20. The van der Waals surface area contributed by atoms with Crippen LogP contribution in [0.25, 0.3) is 0 Å². The average Bonchev–Trinajstić information content (AvgIpc) is 2.77. The molecule has 1 saturated heterocycles. The maximum Gasteiger partial charge on any atom is 0.325 e. The van der Waals surface area contributed by atoms with Crippen LogP contribution in [0.2, 0.25) is 0 Å². The first-order valence-electron chi connectivity index (χ1n) is 6.43. The number of methoxy groups -OCH3 is 1. The molecule has 4 heteroatoms. The van der Waals surface area contributed by atoms with Crippen LogP contribution in [0, 0.1) is 5.92 Å². The summed E-state index contributed by atoms with van der Waals surface area (Å²) in [6.07, 6.45) is 3.20. The highest BCUT2D eigenvalue weighted by molar-refractivity contribution is 5.80. The molecule has 0 bridgehead atoms.